The molecule has 78 valence electrons. The Kier molecular flexibility index (Phi) is 4.39. The minimum atomic E-state index is -0.646. The standard InChI is InChI=1S/C10H21NOS/c1-8(2)9(3)13(12)7-6-11-10-4-5-10/h8-11H,4-7H2,1-3H3. The van der Waals surface area contributed by atoms with Crippen molar-refractivity contribution in [2.75, 3.05) is 12.3 Å². The van der Waals surface area contributed by atoms with Gasteiger partial charge in [-0.15, -0.1) is 0 Å². The molecule has 1 rings (SSSR count). The molecule has 1 saturated carbocycles. The molecule has 0 bridgehead atoms. The van der Waals surface area contributed by atoms with Gasteiger partial charge < -0.3 is 5.32 Å². The van der Waals surface area contributed by atoms with E-state index in [4.69, 9.17) is 0 Å². The molecule has 0 radical (unpaired) electrons. The van der Waals surface area contributed by atoms with E-state index in [1.807, 2.05) is 0 Å². The molecule has 13 heavy (non-hydrogen) atoms. The first kappa shape index (κ1) is 11.2. The van der Waals surface area contributed by atoms with Crippen molar-refractivity contribution in [1.29, 1.82) is 0 Å². The lowest BCUT2D eigenvalue weighted by atomic mass is 10.2. The van der Waals surface area contributed by atoms with E-state index in [1.165, 1.54) is 12.8 Å². The summed E-state index contributed by atoms with van der Waals surface area (Å²) in [6.45, 7) is 7.28. The summed E-state index contributed by atoms with van der Waals surface area (Å²) in [4.78, 5) is 0. The molecular weight excluding hydrogens is 182 g/mol. The second-order valence-corrected chi connectivity index (χ2v) is 6.18. The monoisotopic (exact) mass is 203 g/mol. The molecule has 0 aromatic heterocycles. The predicted octanol–water partition coefficient (Wildman–Crippen LogP) is 1.53. The van der Waals surface area contributed by atoms with Gasteiger partial charge in [-0.2, -0.15) is 0 Å². The molecule has 0 heterocycles. The van der Waals surface area contributed by atoms with Crippen LogP contribution in [0.4, 0.5) is 0 Å². The maximum atomic E-state index is 11.7. The lowest BCUT2D eigenvalue weighted by molar-refractivity contribution is 0.602. The molecule has 3 heteroatoms. The van der Waals surface area contributed by atoms with Crippen LogP contribution in [0.1, 0.15) is 33.6 Å². The fourth-order valence-corrected chi connectivity index (χ4v) is 2.44. The van der Waals surface area contributed by atoms with Crippen LogP contribution in [-0.2, 0) is 10.8 Å². The van der Waals surface area contributed by atoms with Crippen LogP contribution in [0, 0.1) is 5.92 Å². The Morgan fingerprint density at radius 3 is 2.46 bits per heavy atom. The molecule has 0 saturated heterocycles. The van der Waals surface area contributed by atoms with Crippen molar-refractivity contribution in [2.24, 2.45) is 5.92 Å². The van der Waals surface area contributed by atoms with E-state index in [9.17, 15) is 4.21 Å². The average Bonchev–Trinajstić information content (AvgIpc) is 2.86. The van der Waals surface area contributed by atoms with Gasteiger partial charge in [-0.25, -0.2) is 0 Å². The first-order valence-electron chi connectivity index (χ1n) is 5.22. The topological polar surface area (TPSA) is 29.1 Å². The van der Waals surface area contributed by atoms with Crippen LogP contribution < -0.4 is 5.32 Å². The summed E-state index contributed by atoms with van der Waals surface area (Å²) >= 11 is 0. The van der Waals surface area contributed by atoms with Crippen LogP contribution in [0.5, 0.6) is 0 Å². The second kappa shape index (κ2) is 5.11. The van der Waals surface area contributed by atoms with Crippen LogP contribution in [0.2, 0.25) is 0 Å². The Balaban J connectivity index is 2.08. The van der Waals surface area contributed by atoms with Gasteiger partial charge in [0.15, 0.2) is 0 Å². The number of hydrogen-bond acceptors (Lipinski definition) is 2. The Bertz CT molecular complexity index is 178. The summed E-state index contributed by atoms with van der Waals surface area (Å²) in [6, 6.07) is 0.742. The van der Waals surface area contributed by atoms with Crippen molar-refractivity contribution in [1.82, 2.24) is 5.32 Å². The van der Waals surface area contributed by atoms with Crippen LogP contribution in [0.25, 0.3) is 0 Å². The van der Waals surface area contributed by atoms with Crippen LogP contribution >= 0.6 is 0 Å². The Morgan fingerprint density at radius 2 is 2.00 bits per heavy atom. The van der Waals surface area contributed by atoms with Crippen molar-refractivity contribution >= 4 is 10.8 Å². The first-order chi connectivity index (χ1) is 6.11. The molecule has 1 fully saturated rings. The van der Waals surface area contributed by atoms with Gasteiger partial charge in [0, 0.05) is 34.4 Å². The lowest BCUT2D eigenvalue weighted by Gasteiger charge is -2.14. The molecule has 2 nitrogen and oxygen atoms in total. The van der Waals surface area contributed by atoms with Crippen LogP contribution in [0.3, 0.4) is 0 Å². The number of rotatable bonds is 6. The number of nitrogens with one attached hydrogen (secondary N) is 1. The highest BCUT2D eigenvalue weighted by Crippen LogP contribution is 2.18. The van der Waals surface area contributed by atoms with Crippen molar-refractivity contribution < 1.29 is 4.21 Å². The minimum Gasteiger partial charge on any atom is -0.313 e. The quantitative estimate of drug-likeness (QED) is 0.709. The zero-order valence-electron chi connectivity index (χ0n) is 8.88. The normalized spacial score (nSPS) is 21.8. The number of hydrogen-bond donors (Lipinski definition) is 1. The van der Waals surface area contributed by atoms with Gasteiger partial charge in [-0.1, -0.05) is 20.8 Å². The molecule has 0 aromatic carbocycles. The zero-order valence-corrected chi connectivity index (χ0v) is 9.69. The van der Waals surface area contributed by atoms with Crippen molar-refractivity contribution in [3.63, 3.8) is 0 Å². The van der Waals surface area contributed by atoms with Crippen LogP contribution in [0.15, 0.2) is 0 Å². The van der Waals surface area contributed by atoms with Gasteiger partial charge in [-0.05, 0) is 18.8 Å². The maximum Gasteiger partial charge on any atom is 0.0362 e. The molecule has 0 aromatic rings. The van der Waals surface area contributed by atoms with Gasteiger partial charge >= 0.3 is 0 Å². The third kappa shape index (κ3) is 4.23. The largest absolute Gasteiger partial charge is 0.313 e. The van der Waals surface area contributed by atoms with E-state index in [1.54, 1.807) is 0 Å². The molecule has 0 amide bonds. The van der Waals surface area contributed by atoms with Gasteiger partial charge in [0.05, 0.1) is 0 Å². The summed E-state index contributed by atoms with van der Waals surface area (Å²) in [5.41, 5.74) is 0. The highest BCUT2D eigenvalue weighted by Gasteiger charge is 2.21. The Morgan fingerprint density at radius 1 is 1.38 bits per heavy atom. The zero-order chi connectivity index (χ0) is 9.84. The molecule has 1 N–H and O–H groups in total. The Hall–Kier alpha value is 0.110. The molecule has 2 atom stereocenters. The molecule has 0 spiro atoms. The SMILES string of the molecule is CC(C)C(C)S(=O)CCNC1CC1. The summed E-state index contributed by atoms with van der Waals surface area (Å²) in [5.74, 6) is 1.34. The third-order valence-electron chi connectivity index (χ3n) is 2.67. The summed E-state index contributed by atoms with van der Waals surface area (Å²) < 4.78 is 11.7. The van der Waals surface area contributed by atoms with Gasteiger partial charge in [-0.3, -0.25) is 4.21 Å². The van der Waals surface area contributed by atoms with E-state index in [0.717, 1.165) is 18.3 Å². The minimum absolute atomic E-state index is 0.334. The van der Waals surface area contributed by atoms with Crippen LogP contribution in [-0.4, -0.2) is 27.8 Å². The van der Waals surface area contributed by atoms with Gasteiger partial charge in [0.1, 0.15) is 0 Å². The van der Waals surface area contributed by atoms with Crippen molar-refractivity contribution in [3.8, 4) is 0 Å². The van der Waals surface area contributed by atoms with E-state index in [0.29, 0.717) is 11.2 Å². The van der Waals surface area contributed by atoms with Gasteiger partial charge in [0.2, 0.25) is 0 Å². The molecule has 2 unspecified atom stereocenters. The second-order valence-electron chi connectivity index (χ2n) is 4.26. The van der Waals surface area contributed by atoms with E-state index in [2.05, 4.69) is 26.1 Å². The molecule has 1 aliphatic rings. The van der Waals surface area contributed by atoms with E-state index >= 15 is 0 Å². The highest BCUT2D eigenvalue weighted by molar-refractivity contribution is 7.85. The van der Waals surface area contributed by atoms with E-state index in [-0.39, 0.29) is 0 Å². The summed E-state index contributed by atoms with van der Waals surface area (Å²) in [7, 11) is -0.646. The van der Waals surface area contributed by atoms with E-state index < -0.39 is 10.8 Å². The molecular formula is C10H21NOS. The maximum absolute atomic E-state index is 11.7. The smallest absolute Gasteiger partial charge is 0.0362 e. The van der Waals surface area contributed by atoms with Gasteiger partial charge in [0.25, 0.3) is 0 Å². The fourth-order valence-electron chi connectivity index (χ4n) is 1.14. The van der Waals surface area contributed by atoms with Crippen molar-refractivity contribution in [3.05, 3.63) is 0 Å². The lowest BCUT2D eigenvalue weighted by Crippen LogP contribution is -2.27. The first-order valence-corrected chi connectivity index (χ1v) is 6.60. The molecule has 1 aliphatic carbocycles. The summed E-state index contributed by atoms with van der Waals surface area (Å²) in [6.07, 6.45) is 2.62. The predicted molar refractivity (Wildman–Crippen MR) is 58.3 cm³/mol. The fraction of sp³-hybridized carbons (Fsp3) is 1.00. The summed E-state index contributed by atoms with van der Waals surface area (Å²) in [5, 5.41) is 3.72. The average molecular weight is 203 g/mol. The Labute approximate surface area is 83.9 Å². The third-order valence-corrected chi connectivity index (χ3v) is 4.65. The highest BCUT2D eigenvalue weighted by atomic mass is 32.2. The molecule has 0 aliphatic heterocycles. The van der Waals surface area contributed by atoms with Crippen molar-refractivity contribution in [2.45, 2.75) is 44.9 Å².